The van der Waals surface area contributed by atoms with Crippen molar-refractivity contribution in [2.75, 3.05) is 26.2 Å². The van der Waals surface area contributed by atoms with E-state index in [0.29, 0.717) is 0 Å². The van der Waals surface area contributed by atoms with Crippen molar-refractivity contribution >= 4 is 0 Å². The van der Waals surface area contributed by atoms with E-state index in [1.54, 1.807) is 0 Å². The topological polar surface area (TPSA) is 15.3 Å². The van der Waals surface area contributed by atoms with E-state index in [0.717, 1.165) is 12.0 Å². The summed E-state index contributed by atoms with van der Waals surface area (Å²) in [5, 5.41) is 3.74. The van der Waals surface area contributed by atoms with E-state index in [9.17, 15) is 0 Å². The number of rotatable bonds is 4. The summed E-state index contributed by atoms with van der Waals surface area (Å²) in [6.45, 7) is 7.42. The zero-order chi connectivity index (χ0) is 9.80. The molecule has 14 heavy (non-hydrogen) atoms. The minimum absolute atomic E-state index is 0.812. The van der Waals surface area contributed by atoms with Crippen LogP contribution in [0.1, 0.15) is 39.0 Å². The SMILES string of the molecule is CCN1CCCC(NCC2CC2)CC1. The van der Waals surface area contributed by atoms with Crippen LogP contribution in [0, 0.1) is 5.92 Å². The molecule has 2 fully saturated rings. The minimum atomic E-state index is 0.812. The molecule has 0 amide bonds. The summed E-state index contributed by atoms with van der Waals surface area (Å²) in [6.07, 6.45) is 7.08. The predicted octanol–water partition coefficient (Wildman–Crippen LogP) is 1.86. The van der Waals surface area contributed by atoms with Crippen molar-refractivity contribution in [1.82, 2.24) is 10.2 Å². The smallest absolute Gasteiger partial charge is 0.00798 e. The zero-order valence-electron chi connectivity index (χ0n) is 9.47. The van der Waals surface area contributed by atoms with Gasteiger partial charge in [-0.1, -0.05) is 6.92 Å². The monoisotopic (exact) mass is 196 g/mol. The normalized spacial score (nSPS) is 30.2. The van der Waals surface area contributed by atoms with Crippen molar-refractivity contribution in [3.63, 3.8) is 0 Å². The molecule has 1 heterocycles. The molecule has 0 aromatic heterocycles. The van der Waals surface area contributed by atoms with Gasteiger partial charge in [-0.2, -0.15) is 0 Å². The summed E-state index contributed by atoms with van der Waals surface area (Å²) in [5.41, 5.74) is 0. The second kappa shape index (κ2) is 5.13. The average Bonchev–Trinajstić information content (AvgIpc) is 3.02. The lowest BCUT2D eigenvalue weighted by Gasteiger charge is -2.18. The largest absolute Gasteiger partial charge is 0.314 e. The predicted molar refractivity (Wildman–Crippen MR) is 60.5 cm³/mol. The molecule has 0 radical (unpaired) electrons. The molecule has 1 unspecified atom stereocenters. The summed E-state index contributed by atoms with van der Waals surface area (Å²) in [5.74, 6) is 1.03. The van der Waals surface area contributed by atoms with Crippen molar-refractivity contribution in [2.24, 2.45) is 5.92 Å². The van der Waals surface area contributed by atoms with Crippen LogP contribution in [0.25, 0.3) is 0 Å². The van der Waals surface area contributed by atoms with Gasteiger partial charge in [-0.05, 0) is 64.2 Å². The van der Waals surface area contributed by atoms with E-state index in [4.69, 9.17) is 0 Å². The molecule has 2 rings (SSSR count). The maximum absolute atomic E-state index is 3.74. The van der Waals surface area contributed by atoms with Crippen LogP contribution in [0.5, 0.6) is 0 Å². The van der Waals surface area contributed by atoms with Gasteiger partial charge >= 0.3 is 0 Å². The Labute approximate surface area is 88.1 Å². The second-order valence-corrected chi connectivity index (χ2v) is 4.91. The van der Waals surface area contributed by atoms with E-state index < -0.39 is 0 Å². The van der Waals surface area contributed by atoms with Crippen molar-refractivity contribution in [1.29, 1.82) is 0 Å². The molecule has 0 aromatic rings. The maximum Gasteiger partial charge on any atom is 0.00798 e. The van der Waals surface area contributed by atoms with Crippen molar-refractivity contribution in [3.05, 3.63) is 0 Å². The Hall–Kier alpha value is -0.0800. The highest BCUT2D eigenvalue weighted by atomic mass is 15.1. The van der Waals surface area contributed by atoms with E-state index in [1.807, 2.05) is 0 Å². The lowest BCUT2D eigenvalue weighted by atomic mass is 10.1. The number of nitrogens with zero attached hydrogens (tertiary/aromatic N) is 1. The van der Waals surface area contributed by atoms with Gasteiger partial charge in [-0.25, -0.2) is 0 Å². The highest BCUT2D eigenvalue weighted by Crippen LogP contribution is 2.28. The molecular formula is C12H24N2. The molecule has 1 aliphatic heterocycles. The molecule has 1 atom stereocenters. The van der Waals surface area contributed by atoms with E-state index >= 15 is 0 Å². The van der Waals surface area contributed by atoms with Crippen LogP contribution in [0.2, 0.25) is 0 Å². The molecule has 2 heteroatoms. The summed E-state index contributed by atoms with van der Waals surface area (Å²) in [4.78, 5) is 2.58. The van der Waals surface area contributed by atoms with Crippen LogP contribution < -0.4 is 5.32 Å². The first-order valence-corrected chi connectivity index (χ1v) is 6.34. The highest BCUT2D eigenvalue weighted by Gasteiger charge is 2.23. The lowest BCUT2D eigenvalue weighted by Crippen LogP contribution is -2.32. The molecule has 1 N–H and O–H groups in total. The fourth-order valence-electron chi connectivity index (χ4n) is 2.33. The second-order valence-electron chi connectivity index (χ2n) is 4.91. The van der Waals surface area contributed by atoms with Gasteiger partial charge in [0, 0.05) is 6.04 Å². The molecule has 1 saturated heterocycles. The molecule has 2 nitrogen and oxygen atoms in total. The first kappa shape index (κ1) is 10.4. The fraction of sp³-hybridized carbons (Fsp3) is 1.00. The Kier molecular flexibility index (Phi) is 3.82. The molecule has 1 saturated carbocycles. The van der Waals surface area contributed by atoms with Gasteiger partial charge in [0.15, 0.2) is 0 Å². The number of likely N-dealkylation sites (tertiary alicyclic amines) is 1. The molecular weight excluding hydrogens is 172 g/mol. The number of nitrogens with one attached hydrogen (secondary N) is 1. The van der Waals surface area contributed by atoms with E-state index in [-0.39, 0.29) is 0 Å². The Balaban J connectivity index is 1.65. The van der Waals surface area contributed by atoms with Crippen LogP contribution in [0.15, 0.2) is 0 Å². The number of hydrogen-bond acceptors (Lipinski definition) is 2. The van der Waals surface area contributed by atoms with Crippen LogP contribution >= 0.6 is 0 Å². The third-order valence-electron chi connectivity index (χ3n) is 3.66. The van der Waals surface area contributed by atoms with Gasteiger partial charge in [0.2, 0.25) is 0 Å². The maximum atomic E-state index is 3.74. The van der Waals surface area contributed by atoms with Gasteiger partial charge in [0.1, 0.15) is 0 Å². The Morgan fingerprint density at radius 2 is 2.00 bits per heavy atom. The number of hydrogen-bond donors (Lipinski definition) is 1. The Bertz CT molecular complexity index is 166. The first-order chi connectivity index (χ1) is 6.88. The minimum Gasteiger partial charge on any atom is -0.314 e. The first-order valence-electron chi connectivity index (χ1n) is 6.34. The van der Waals surface area contributed by atoms with Crippen molar-refractivity contribution < 1.29 is 0 Å². The average molecular weight is 196 g/mol. The lowest BCUT2D eigenvalue weighted by molar-refractivity contribution is 0.297. The molecule has 1 aliphatic carbocycles. The van der Waals surface area contributed by atoms with Gasteiger partial charge < -0.3 is 10.2 Å². The zero-order valence-corrected chi connectivity index (χ0v) is 9.47. The highest BCUT2D eigenvalue weighted by molar-refractivity contribution is 4.80. The standard InChI is InChI=1S/C12H24N2/c1-2-14-8-3-4-12(7-9-14)13-10-11-5-6-11/h11-13H,2-10H2,1H3. The van der Waals surface area contributed by atoms with Crippen molar-refractivity contribution in [2.45, 2.75) is 45.1 Å². The molecule has 0 bridgehead atoms. The van der Waals surface area contributed by atoms with Crippen molar-refractivity contribution in [3.8, 4) is 0 Å². The van der Waals surface area contributed by atoms with Crippen LogP contribution in [-0.4, -0.2) is 37.1 Å². The van der Waals surface area contributed by atoms with Crippen LogP contribution in [0.4, 0.5) is 0 Å². The Morgan fingerprint density at radius 1 is 1.14 bits per heavy atom. The Morgan fingerprint density at radius 3 is 2.71 bits per heavy atom. The van der Waals surface area contributed by atoms with Crippen LogP contribution in [0.3, 0.4) is 0 Å². The van der Waals surface area contributed by atoms with Gasteiger partial charge in [0.25, 0.3) is 0 Å². The quantitative estimate of drug-likeness (QED) is 0.738. The van der Waals surface area contributed by atoms with E-state index in [2.05, 4.69) is 17.1 Å². The van der Waals surface area contributed by atoms with Crippen LogP contribution in [-0.2, 0) is 0 Å². The van der Waals surface area contributed by atoms with Gasteiger partial charge in [0.05, 0.1) is 0 Å². The molecule has 82 valence electrons. The molecule has 0 aromatic carbocycles. The fourth-order valence-corrected chi connectivity index (χ4v) is 2.33. The van der Waals surface area contributed by atoms with E-state index in [1.165, 1.54) is 58.3 Å². The molecule has 0 spiro atoms. The molecule has 2 aliphatic rings. The summed E-state index contributed by atoms with van der Waals surface area (Å²) < 4.78 is 0. The summed E-state index contributed by atoms with van der Waals surface area (Å²) in [7, 11) is 0. The van der Waals surface area contributed by atoms with Gasteiger partial charge in [-0.3, -0.25) is 0 Å². The summed E-state index contributed by atoms with van der Waals surface area (Å²) in [6, 6.07) is 0.812. The third kappa shape index (κ3) is 3.25. The van der Waals surface area contributed by atoms with Gasteiger partial charge in [-0.15, -0.1) is 0 Å². The third-order valence-corrected chi connectivity index (χ3v) is 3.66. The summed E-state index contributed by atoms with van der Waals surface area (Å²) >= 11 is 0.